The number of rotatable bonds is 6. The molecule has 1 aromatic rings. The van der Waals surface area contributed by atoms with Gasteiger partial charge in [0.05, 0.1) is 6.61 Å². The Hall–Kier alpha value is -0.660. The first-order valence-corrected chi connectivity index (χ1v) is 6.46. The molecule has 3 nitrogen and oxygen atoms in total. The molecule has 1 N–H and O–H groups in total. The molecule has 0 aromatic carbocycles. The molecular weight excluding hydrogens is 265 g/mol. The first-order chi connectivity index (χ1) is 8.34. The average molecular weight is 282 g/mol. The largest absolute Gasteiger partial charge is 0.434 e. The van der Waals surface area contributed by atoms with Gasteiger partial charge in [-0.05, 0) is 5.92 Å². The molecule has 0 unspecified atom stereocenters. The predicted molar refractivity (Wildman–Crippen MR) is 64.5 cm³/mol. The van der Waals surface area contributed by atoms with E-state index in [1.807, 2.05) is 13.8 Å². The van der Waals surface area contributed by atoms with Gasteiger partial charge in [-0.25, -0.2) is 4.98 Å². The van der Waals surface area contributed by atoms with Crippen molar-refractivity contribution in [2.45, 2.75) is 32.6 Å². The number of hydrogen-bond donors (Lipinski definition) is 1. The highest BCUT2D eigenvalue weighted by atomic mass is 32.1. The molecule has 0 radical (unpaired) electrons. The summed E-state index contributed by atoms with van der Waals surface area (Å²) in [7, 11) is 1.60. The monoisotopic (exact) mass is 282 g/mol. The van der Waals surface area contributed by atoms with Gasteiger partial charge in [0.1, 0.15) is 5.01 Å². The lowest BCUT2D eigenvalue weighted by atomic mass is 10.1. The van der Waals surface area contributed by atoms with E-state index in [-0.39, 0.29) is 6.04 Å². The van der Waals surface area contributed by atoms with Gasteiger partial charge in [0.15, 0.2) is 5.69 Å². The summed E-state index contributed by atoms with van der Waals surface area (Å²) in [6.45, 7) is 4.90. The lowest BCUT2D eigenvalue weighted by Crippen LogP contribution is -2.37. The summed E-state index contributed by atoms with van der Waals surface area (Å²) in [4.78, 5) is 3.56. The Morgan fingerprint density at radius 1 is 1.44 bits per heavy atom. The van der Waals surface area contributed by atoms with E-state index in [0.717, 1.165) is 16.7 Å². The molecule has 0 spiro atoms. The summed E-state index contributed by atoms with van der Waals surface area (Å²) < 4.78 is 42.1. The maximum Gasteiger partial charge on any atom is 0.434 e. The molecule has 1 aromatic heterocycles. The fraction of sp³-hybridized carbons (Fsp3) is 0.727. The van der Waals surface area contributed by atoms with Gasteiger partial charge in [0, 0.05) is 25.1 Å². The Morgan fingerprint density at radius 2 is 2.11 bits per heavy atom. The number of aromatic nitrogens is 1. The molecule has 18 heavy (non-hydrogen) atoms. The second kappa shape index (κ2) is 6.49. The SMILES string of the molecule is COC[C@@H](NCc1nc(C(F)(F)F)cs1)C(C)C. The fourth-order valence-electron chi connectivity index (χ4n) is 1.41. The van der Waals surface area contributed by atoms with Crippen LogP contribution < -0.4 is 5.32 Å². The van der Waals surface area contributed by atoms with Crippen LogP contribution in [0.3, 0.4) is 0 Å². The second-order valence-electron chi connectivity index (χ2n) is 4.31. The molecule has 0 aliphatic carbocycles. The van der Waals surface area contributed by atoms with Crippen molar-refractivity contribution in [3.63, 3.8) is 0 Å². The zero-order valence-electron chi connectivity index (χ0n) is 10.5. The number of ether oxygens (including phenoxy) is 1. The third-order valence-corrected chi connectivity index (χ3v) is 3.36. The Kier molecular flexibility index (Phi) is 5.55. The van der Waals surface area contributed by atoms with Crippen molar-refractivity contribution in [3.05, 3.63) is 16.1 Å². The first kappa shape index (κ1) is 15.4. The smallest absolute Gasteiger partial charge is 0.383 e. The number of halogens is 3. The van der Waals surface area contributed by atoms with E-state index in [1.165, 1.54) is 0 Å². The Bertz CT molecular complexity index is 365. The van der Waals surface area contributed by atoms with Gasteiger partial charge in [-0.3, -0.25) is 0 Å². The van der Waals surface area contributed by atoms with Gasteiger partial charge in [-0.1, -0.05) is 13.8 Å². The van der Waals surface area contributed by atoms with E-state index in [9.17, 15) is 13.2 Å². The molecule has 0 aliphatic heterocycles. The normalized spacial score (nSPS) is 14.2. The molecule has 104 valence electrons. The van der Waals surface area contributed by atoms with Crippen LogP contribution in [0.5, 0.6) is 0 Å². The Balaban J connectivity index is 2.55. The number of nitrogens with zero attached hydrogens (tertiary/aromatic N) is 1. The zero-order chi connectivity index (χ0) is 13.8. The zero-order valence-corrected chi connectivity index (χ0v) is 11.4. The summed E-state index contributed by atoms with van der Waals surface area (Å²) >= 11 is 1.01. The summed E-state index contributed by atoms with van der Waals surface area (Å²) in [5, 5.41) is 4.63. The molecule has 0 saturated heterocycles. The molecule has 0 saturated carbocycles. The van der Waals surface area contributed by atoms with E-state index in [2.05, 4.69) is 10.3 Å². The maximum atomic E-state index is 12.4. The molecule has 1 heterocycles. The van der Waals surface area contributed by atoms with Gasteiger partial charge in [0.2, 0.25) is 0 Å². The quantitative estimate of drug-likeness (QED) is 0.871. The Morgan fingerprint density at radius 3 is 2.56 bits per heavy atom. The third-order valence-electron chi connectivity index (χ3n) is 2.51. The lowest BCUT2D eigenvalue weighted by molar-refractivity contribution is -0.140. The molecule has 0 fully saturated rings. The van der Waals surface area contributed by atoms with Crippen LogP contribution >= 0.6 is 11.3 Å². The van der Waals surface area contributed by atoms with Gasteiger partial charge in [-0.2, -0.15) is 13.2 Å². The topological polar surface area (TPSA) is 34.1 Å². The van der Waals surface area contributed by atoms with Gasteiger partial charge >= 0.3 is 6.18 Å². The highest BCUT2D eigenvalue weighted by molar-refractivity contribution is 7.09. The standard InChI is InChI=1S/C11H17F3N2OS/c1-7(2)8(5-17-3)15-4-10-16-9(6-18-10)11(12,13)14/h6-8,15H,4-5H2,1-3H3/t8-/m1/s1. The van der Waals surface area contributed by atoms with Crippen molar-refractivity contribution < 1.29 is 17.9 Å². The molecule has 1 rings (SSSR count). The van der Waals surface area contributed by atoms with Crippen LogP contribution in [0.2, 0.25) is 0 Å². The van der Waals surface area contributed by atoms with Crippen LogP contribution in [0, 0.1) is 5.92 Å². The average Bonchev–Trinajstić information content (AvgIpc) is 2.71. The van der Waals surface area contributed by atoms with Crippen LogP contribution in [-0.2, 0) is 17.5 Å². The number of methoxy groups -OCH3 is 1. The van der Waals surface area contributed by atoms with E-state index in [4.69, 9.17) is 4.74 Å². The molecule has 7 heteroatoms. The van der Waals surface area contributed by atoms with Gasteiger partial charge in [-0.15, -0.1) is 11.3 Å². The highest BCUT2D eigenvalue weighted by Crippen LogP contribution is 2.29. The summed E-state index contributed by atoms with van der Waals surface area (Å²) in [5.74, 6) is 0.340. The first-order valence-electron chi connectivity index (χ1n) is 5.58. The van der Waals surface area contributed by atoms with Gasteiger partial charge < -0.3 is 10.1 Å². The molecule has 0 bridgehead atoms. The van der Waals surface area contributed by atoms with Crippen molar-refractivity contribution in [2.75, 3.05) is 13.7 Å². The van der Waals surface area contributed by atoms with E-state index >= 15 is 0 Å². The van der Waals surface area contributed by atoms with Crippen molar-refractivity contribution in [3.8, 4) is 0 Å². The van der Waals surface area contributed by atoms with Crippen molar-refractivity contribution in [1.82, 2.24) is 10.3 Å². The van der Waals surface area contributed by atoms with E-state index in [0.29, 0.717) is 24.1 Å². The van der Waals surface area contributed by atoms with Crippen LogP contribution in [0.25, 0.3) is 0 Å². The minimum absolute atomic E-state index is 0.105. The number of alkyl halides is 3. The van der Waals surface area contributed by atoms with Crippen LogP contribution in [-0.4, -0.2) is 24.7 Å². The Labute approximate surface area is 108 Å². The molecule has 0 amide bonds. The van der Waals surface area contributed by atoms with E-state index in [1.54, 1.807) is 7.11 Å². The molecular formula is C11H17F3N2OS. The second-order valence-corrected chi connectivity index (χ2v) is 5.25. The number of thiazole rings is 1. The van der Waals surface area contributed by atoms with Crippen molar-refractivity contribution >= 4 is 11.3 Å². The van der Waals surface area contributed by atoms with Crippen molar-refractivity contribution in [1.29, 1.82) is 0 Å². The van der Waals surface area contributed by atoms with Crippen LogP contribution in [0.15, 0.2) is 5.38 Å². The molecule has 1 atom stereocenters. The summed E-state index contributed by atoms with van der Waals surface area (Å²) in [6.07, 6.45) is -4.36. The van der Waals surface area contributed by atoms with Gasteiger partial charge in [0.25, 0.3) is 0 Å². The highest BCUT2D eigenvalue weighted by Gasteiger charge is 2.33. The van der Waals surface area contributed by atoms with Crippen LogP contribution in [0.4, 0.5) is 13.2 Å². The van der Waals surface area contributed by atoms with E-state index < -0.39 is 11.9 Å². The lowest BCUT2D eigenvalue weighted by Gasteiger charge is -2.20. The van der Waals surface area contributed by atoms with Crippen LogP contribution in [0.1, 0.15) is 24.5 Å². The minimum atomic E-state index is -4.36. The molecule has 0 aliphatic rings. The fourth-order valence-corrected chi connectivity index (χ4v) is 2.16. The predicted octanol–water partition coefficient (Wildman–Crippen LogP) is 2.92. The maximum absolute atomic E-state index is 12.4. The third kappa shape index (κ3) is 4.55. The minimum Gasteiger partial charge on any atom is -0.383 e. The summed E-state index contributed by atoms with van der Waals surface area (Å²) in [5.41, 5.74) is -0.822. The number of hydrogen-bond acceptors (Lipinski definition) is 4. The summed E-state index contributed by atoms with van der Waals surface area (Å²) in [6, 6.07) is 0.105. The number of nitrogens with one attached hydrogen (secondary N) is 1. The van der Waals surface area contributed by atoms with Crippen molar-refractivity contribution in [2.24, 2.45) is 5.92 Å².